The Morgan fingerprint density at radius 1 is 1.26 bits per heavy atom. The van der Waals surface area contributed by atoms with Crippen molar-refractivity contribution in [2.24, 2.45) is 0 Å². The molecule has 0 saturated carbocycles. The Morgan fingerprint density at radius 3 is 2.68 bits per heavy atom. The van der Waals surface area contributed by atoms with E-state index in [1.54, 1.807) is 11.8 Å². The number of aromatic nitrogens is 2. The van der Waals surface area contributed by atoms with Crippen LogP contribution >= 0.6 is 11.8 Å². The van der Waals surface area contributed by atoms with E-state index in [4.69, 9.17) is 9.47 Å². The van der Waals surface area contributed by atoms with Gasteiger partial charge < -0.3 is 14.5 Å². The zero-order valence-corrected chi connectivity index (χ0v) is 12.4. The van der Waals surface area contributed by atoms with Crippen LogP contribution in [-0.4, -0.2) is 35.2 Å². The number of hydrogen-bond acceptors (Lipinski definition) is 4. The summed E-state index contributed by atoms with van der Waals surface area (Å²) in [5.41, 5.74) is 3.30. The van der Waals surface area contributed by atoms with Crippen LogP contribution in [0.2, 0.25) is 0 Å². The van der Waals surface area contributed by atoms with Gasteiger partial charge in [-0.15, -0.1) is 0 Å². The molecule has 1 aromatic carbocycles. The smallest absolute Gasteiger partial charge is 0.166 e. The molecule has 1 aromatic heterocycles. The van der Waals surface area contributed by atoms with E-state index in [0.29, 0.717) is 13.2 Å². The number of aryl methyl sites for hydroxylation is 1. The molecule has 104 valence electrons. The lowest BCUT2D eigenvalue weighted by Crippen LogP contribution is -2.20. The standard InChI is InChI=1S/C14H20N2O2S/c1-4-17-13(18-5-2)9-19-14-15-11-7-6-10(3)8-12(11)16-14/h6-8,13H,4-5,9H2,1-3H3,(H,15,16). The Balaban J connectivity index is 2.00. The Labute approximate surface area is 117 Å². The second-order valence-corrected chi connectivity index (χ2v) is 5.22. The third kappa shape index (κ3) is 3.96. The molecule has 0 atom stereocenters. The Bertz CT molecular complexity index is 521. The largest absolute Gasteiger partial charge is 0.352 e. The van der Waals surface area contributed by atoms with Crippen molar-refractivity contribution < 1.29 is 9.47 Å². The molecule has 2 rings (SSSR count). The minimum absolute atomic E-state index is 0.171. The van der Waals surface area contributed by atoms with Crippen molar-refractivity contribution in [1.82, 2.24) is 9.97 Å². The van der Waals surface area contributed by atoms with Gasteiger partial charge in [-0.25, -0.2) is 4.98 Å². The highest BCUT2D eigenvalue weighted by molar-refractivity contribution is 7.99. The molecule has 0 aliphatic heterocycles. The van der Waals surface area contributed by atoms with Crippen molar-refractivity contribution in [3.63, 3.8) is 0 Å². The normalized spacial score (nSPS) is 11.6. The van der Waals surface area contributed by atoms with Crippen LogP contribution in [0.1, 0.15) is 19.4 Å². The quantitative estimate of drug-likeness (QED) is 0.624. The molecule has 1 heterocycles. The van der Waals surface area contributed by atoms with Crippen molar-refractivity contribution in [2.45, 2.75) is 32.2 Å². The van der Waals surface area contributed by atoms with Crippen molar-refractivity contribution in [3.8, 4) is 0 Å². The summed E-state index contributed by atoms with van der Waals surface area (Å²) < 4.78 is 11.0. The maximum absolute atomic E-state index is 5.51. The molecular weight excluding hydrogens is 260 g/mol. The van der Waals surface area contributed by atoms with E-state index in [9.17, 15) is 0 Å². The van der Waals surface area contributed by atoms with Gasteiger partial charge in [0.25, 0.3) is 0 Å². The lowest BCUT2D eigenvalue weighted by Gasteiger charge is -2.15. The molecule has 0 aliphatic carbocycles. The topological polar surface area (TPSA) is 47.1 Å². The summed E-state index contributed by atoms with van der Waals surface area (Å²) in [6.45, 7) is 7.34. The van der Waals surface area contributed by atoms with Gasteiger partial charge in [-0.2, -0.15) is 0 Å². The molecule has 19 heavy (non-hydrogen) atoms. The van der Waals surface area contributed by atoms with Crippen LogP contribution in [0.4, 0.5) is 0 Å². The molecule has 0 unspecified atom stereocenters. The summed E-state index contributed by atoms with van der Waals surface area (Å²) in [5.74, 6) is 0.737. The molecule has 0 saturated heterocycles. The Hall–Kier alpha value is -1.04. The first-order valence-corrected chi connectivity index (χ1v) is 7.53. The molecule has 2 aromatic rings. The average molecular weight is 280 g/mol. The lowest BCUT2D eigenvalue weighted by atomic mass is 10.2. The van der Waals surface area contributed by atoms with E-state index in [1.165, 1.54) is 5.56 Å². The van der Waals surface area contributed by atoms with Crippen LogP contribution in [0.5, 0.6) is 0 Å². The summed E-state index contributed by atoms with van der Waals surface area (Å²) in [4.78, 5) is 7.86. The molecule has 5 heteroatoms. The van der Waals surface area contributed by atoms with Crippen LogP contribution in [0.15, 0.2) is 23.4 Å². The van der Waals surface area contributed by atoms with Gasteiger partial charge in [-0.1, -0.05) is 17.8 Å². The van der Waals surface area contributed by atoms with Gasteiger partial charge in [-0.05, 0) is 38.5 Å². The monoisotopic (exact) mass is 280 g/mol. The van der Waals surface area contributed by atoms with Gasteiger partial charge in [-0.3, -0.25) is 0 Å². The van der Waals surface area contributed by atoms with Gasteiger partial charge in [0.15, 0.2) is 11.4 Å². The fourth-order valence-electron chi connectivity index (χ4n) is 1.83. The first kappa shape index (κ1) is 14.4. The van der Waals surface area contributed by atoms with Gasteiger partial charge in [0.1, 0.15) is 0 Å². The van der Waals surface area contributed by atoms with Crippen molar-refractivity contribution in [3.05, 3.63) is 23.8 Å². The van der Waals surface area contributed by atoms with E-state index in [1.807, 2.05) is 19.9 Å². The van der Waals surface area contributed by atoms with Gasteiger partial charge in [0, 0.05) is 13.2 Å². The molecule has 0 fully saturated rings. The Kier molecular flexibility index (Phi) is 5.24. The lowest BCUT2D eigenvalue weighted by molar-refractivity contribution is -0.120. The second kappa shape index (κ2) is 6.93. The van der Waals surface area contributed by atoms with Gasteiger partial charge in [0.05, 0.1) is 16.8 Å². The Morgan fingerprint density at radius 2 is 2.00 bits per heavy atom. The van der Waals surface area contributed by atoms with E-state index in [0.717, 1.165) is 21.9 Å². The van der Waals surface area contributed by atoms with Crippen molar-refractivity contribution in [2.75, 3.05) is 19.0 Å². The van der Waals surface area contributed by atoms with Crippen LogP contribution in [-0.2, 0) is 9.47 Å². The molecule has 0 amide bonds. The minimum Gasteiger partial charge on any atom is -0.352 e. The summed E-state index contributed by atoms with van der Waals surface area (Å²) in [5, 5.41) is 0.907. The minimum atomic E-state index is -0.171. The second-order valence-electron chi connectivity index (χ2n) is 4.21. The van der Waals surface area contributed by atoms with Crippen molar-refractivity contribution >= 4 is 22.8 Å². The van der Waals surface area contributed by atoms with Crippen LogP contribution in [0, 0.1) is 6.92 Å². The zero-order valence-electron chi connectivity index (χ0n) is 11.6. The van der Waals surface area contributed by atoms with E-state index in [-0.39, 0.29) is 6.29 Å². The highest BCUT2D eigenvalue weighted by Crippen LogP contribution is 2.21. The molecule has 0 aliphatic rings. The predicted octanol–water partition coefficient (Wildman–Crippen LogP) is 3.36. The number of ether oxygens (including phenoxy) is 2. The molecular formula is C14H20N2O2S. The number of rotatable bonds is 7. The third-order valence-corrected chi connectivity index (χ3v) is 3.58. The summed E-state index contributed by atoms with van der Waals surface area (Å²) in [6, 6.07) is 6.21. The van der Waals surface area contributed by atoms with Gasteiger partial charge in [0.2, 0.25) is 0 Å². The predicted molar refractivity (Wildman–Crippen MR) is 78.6 cm³/mol. The summed E-state index contributed by atoms with van der Waals surface area (Å²) in [6.07, 6.45) is -0.171. The van der Waals surface area contributed by atoms with Crippen LogP contribution in [0.3, 0.4) is 0 Å². The molecule has 0 radical (unpaired) electrons. The molecule has 0 bridgehead atoms. The van der Waals surface area contributed by atoms with Crippen molar-refractivity contribution in [1.29, 1.82) is 0 Å². The highest BCUT2D eigenvalue weighted by atomic mass is 32.2. The number of nitrogens with zero attached hydrogens (tertiary/aromatic N) is 1. The number of H-pyrrole nitrogens is 1. The van der Waals surface area contributed by atoms with Crippen LogP contribution < -0.4 is 0 Å². The maximum Gasteiger partial charge on any atom is 0.166 e. The molecule has 0 spiro atoms. The fourth-order valence-corrected chi connectivity index (χ4v) is 2.66. The highest BCUT2D eigenvalue weighted by Gasteiger charge is 2.10. The number of imidazole rings is 1. The molecule has 4 nitrogen and oxygen atoms in total. The SMILES string of the molecule is CCOC(CSc1nc2ccc(C)cc2[nH]1)OCC. The maximum atomic E-state index is 5.51. The first-order valence-electron chi connectivity index (χ1n) is 6.55. The number of thioether (sulfide) groups is 1. The number of nitrogens with one attached hydrogen (secondary N) is 1. The number of fused-ring (bicyclic) bond motifs is 1. The zero-order chi connectivity index (χ0) is 13.7. The number of aromatic amines is 1. The van der Waals surface area contributed by atoms with Gasteiger partial charge >= 0.3 is 0 Å². The average Bonchev–Trinajstić information content (AvgIpc) is 2.78. The van der Waals surface area contributed by atoms with E-state index in [2.05, 4.69) is 29.0 Å². The summed E-state index contributed by atoms with van der Waals surface area (Å²) in [7, 11) is 0. The summed E-state index contributed by atoms with van der Waals surface area (Å²) >= 11 is 1.62. The van der Waals surface area contributed by atoms with Crippen LogP contribution in [0.25, 0.3) is 11.0 Å². The first-order chi connectivity index (χ1) is 9.22. The number of hydrogen-bond donors (Lipinski definition) is 1. The van der Waals surface area contributed by atoms with E-state index >= 15 is 0 Å². The number of benzene rings is 1. The third-order valence-electron chi connectivity index (χ3n) is 2.68. The van der Waals surface area contributed by atoms with E-state index < -0.39 is 0 Å². The fraction of sp³-hybridized carbons (Fsp3) is 0.500. The molecule has 1 N–H and O–H groups in total.